The molecule has 3 N–H and O–H groups in total. The lowest BCUT2D eigenvalue weighted by molar-refractivity contribution is -0.124. The van der Waals surface area contributed by atoms with Gasteiger partial charge < -0.3 is 5.11 Å². The number of imide groups is 2. The number of amides is 4. The Kier molecular flexibility index (Phi) is 2.91. The molecule has 0 unspecified atom stereocenters. The van der Waals surface area contributed by atoms with Gasteiger partial charge in [0.15, 0.2) is 0 Å². The number of aromatic hydroxyl groups is 1. The molecule has 2 heterocycles. The minimum Gasteiger partial charge on any atom is -0.507 e. The highest BCUT2D eigenvalue weighted by Gasteiger charge is 2.32. The first-order chi connectivity index (χ1) is 10.4. The normalized spacial score (nSPS) is 17.3. The fourth-order valence-corrected chi connectivity index (χ4v) is 2.51. The van der Waals surface area contributed by atoms with Crippen LogP contribution in [0.15, 0.2) is 24.3 Å². The number of hydrogen-bond donors (Lipinski definition) is 3. The lowest BCUT2D eigenvalue weighted by Gasteiger charge is -2.14. The van der Waals surface area contributed by atoms with Crippen LogP contribution in [-0.4, -0.2) is 28.7 Å². The fraction of sp³-hybridized carbons (Fsp3) is 0.0667. The minimum absolute atomic E-state index is 0.0430. The van der Waals surface area contributed by atoms with Crippen LogP contribution >= 0.6 is 0 Å². The molecule has 0 saturated heterocycles. The zero-order valence-electron chi connectivity index (χ0n) is 11.4. The van der Waals surface area contributed by atoms with E-state index in [-0.39, 0.29) is 28.0 Å². The molecule has 4 amide bonds. The second kappa shape index (κ2) is 4.66. The molecule has 0 atom stereocenters. The second-order valence-corrected chi connectivity index (χ2v) is 4.90. The van der Waals surface area contributed by atoms with Gasteiger partial charge in [0.1, 0.15) is 5.75 Å². The third kappa shape index (κ3) is 1.99. The molecular formula is C15H10N2O5. The molecule has 0 saturated carbocycles. The predicted molar refractivity (Wildman–Crippen MR) is 75.1 cm³/mol. The largest absolute Gasteiger partial charge is 0.507 e. The van der Waals surface area contributed by atoms with Gasteiger partial charge in [0.2, 0.25) is 0 Å². The Hall–Kier alpha value is -3.22. The van der Waals surface area contributed by atoms with E-state index in [1.54, 1.807) is 13.0 Å². The third-order valence-electron chi connectivity index (χ3n) is 3.44. The Morgan fingerprint density at radius 3 is 1.77 bits per heavy atom. The second-order valence-electron chi connectivity index (χ2n) is 4.90. The molecule has 110 valence electrons. The molecular weight excluding hydrogens is 288 g/mol. The van der Waals surface area contributed by atoms with Crippen LogP contribution in [0.25, 0.3) is 11.1 Å². The molecule has 1 aromatic rings. The molecule has 0 spiro atoms. The van der Waals surface area contributed by atoms with E-state index < -0.39 is 23.6 Å². The average Bonchev–Trinajstić information content (AvgIpc) is 2.93. The Bertz CT molecular complexity index is 764. The summed E-state index contributed by atoms with van der Waals surface area (Å²) < 4.78 is 0. The van der Waals surface area contributed by atoms with Gasteiger partial charge in [0, 0.05) is 23.3 Å². The number of hydrogen-bond acceptors (Lipinski definition) is 5. The number of carbonyl (C=O) groups is 4. The average molecular weight is 298 g/mol. The molecule has 2 aliphatic heterocycles. The summed E-state index contributed by atoms with van der Waals surface area (Å²) >= 11 is 0. The van der Waals surface area contributed by atoms with E-state index in [9.17, 15) is 24.3 Å². The van der Waals surface area contributed by atoms with Gasteiger partial charge in [-0.2, -0.15) is 0 Å². The fourth-order valence-electron chi connectivity index (χ4n) is 2.51. The lowest BCUT2D eigenvalue weighted by atomic mass is 9.90. The predicted octanol–water partition coefficient (Wildman–Crippen LogP) is -0.220. The van der Waals surface area contributed by atoms with Crippen molar-refractivity contribution in [1.82, 2.24) is 10.6 Å². The molecule has 3 rings (SSSR count). The quantitative estimate of drug-likeness (QED) is 0.653. The highest BCUT2D eigenvalue weighted by atomic mass is 16.3. The summed E-state index contributed by atoms with van der Waals surface area (Å²) in [7, 11) is 0. The van der Waals surface area contributed by atoms with E-state index in [1.807, 2.05) is 0 Å². The highest BCUT2D eigenvalue weighted by Crippen LogP contribution is 2.37. The van der Waals surface area contributed by atoms with Crippen molar-refractivity contribution in [2.45, 2.75) is 6.92 Å². The van der Waals surface area contributed by atoms with Crippen LogP contribution in [0.5, 0.6) is 5.75 Å². The SMILES string of the molecule is Cc1ccc(O)c(C2=CC(=O)NC2=O)c1C1=CC(=O)NC1=O. The van der Waals surface area contributed by atoms with Crippen LogP contribution in [0, 0.1) is 6.92 Å². The Morgan fingerprint density at radius 2 is 1.32 bits per heavy atom. The first-order valence-corrected chi connectivity index (χ1v) is 6.36. The summed E-state index contributed by atoms with van der Waals surface area (Å²) in [6.45, 7) is 1.67. The van der Waals surface area contributed by atoms with Gasteiger partial charge in [-0.25, -0.2) is 0 Å². The number of rotatable bonds is 2. The van der Waals surface area contributed by atoms with Crippen LogP contribution in [0.3, 0.4) is 0 Å². The van der Waals surface area contributed by atoms with Crippen LogP contribution in [0.1, 0.15) is 16.7 Å². The summed E-state index contributed by atoms with van der Waals surface area (Å²) in [4.78, 5) is 46.5. The van der Waals surface area contributed by atoms with Gasteiger partial charge in [-0.15, -0.1) is 0 Å². The van der Waals surface area contributed by atoms with Gasteiger partial charge in [-0.05, 0) is 18.6 Å². The number of benzene rings is 1. The number of phenolic OH excluding ortho intramolecular Hbond substituents is 1. The van der Waals surface area contributed by atoms with Gasteiger partial charge in [-0.3, -0.25) is 29.8 Å². The minimum atomic E-state index is -0.669. The monoisotopic (exact) mass is 298 g/mol. The van der Waals surface area contributed by atoms with Crippen LogP contribution in [0.4, 0.5) is 0 Å². The molecule has 0 radical (unpaired) electrons. The molecule has 0 bridgehead atoms. The van der Waals surface area contributed by atoms with Crippen molar-refractivity contribution in [2.24, 2.45) is 0 Å². The molecule has 0 fully saturated rings. The molecule has 2 aliphatic rings. The van der Waals surface area contributed by atoms with Crippen molar-refractivity contribution in [3.8, 4) is 5.75 Å². The maximum absolute atomic E-state index is 11.9. The van der Waals surface area contributed by atoms with Gasteiger partial charge >= 0.3 is 0 Å². The number of carbonyl (C=O) groups excluding carboxylic acids is 4. The number of phenols is 1. The van der Waals surface area contributed by atoms with Crippen LogP contribution < -0.4 is 10.6 Å². The van der Waals surface area contributed by atoms with Gasteiger partial charge in [0.25, 0.3) is 23.6 Å². The molecule has 1 aromatic carbocycles. The van der Waals surface area contributed by atoms with Crippen molar-refractivity contribution >= 4 is 34.8 Å². The zero-order chi connectivity index (χ0) is 16.0. The Labute approximate surface area is 124 Å². The van der Waals surface area contributed by atoms with E-state index in [1.165, 1.54) is 6.07 Å². The summed E-state index contributed by atoms with van der Waals surface area (Å²) in [6, 6.07) is 2.92. The van der Waals surface area contributed by atoms with Gasteiger partial charge in [0.05, 0.1) is 11.1 Å². The van der Waals surface area contributed by atoms with Crippen molar-refractivity contribution in [3.63, 3.8) is 0 Å². The van der Waals surface area contributed by atoms with E-state index >= 15 is 0 Å². The van der Waals surface area contributed by atoms with E-state index in [0.29, 0.717) is 5.56 Å². The molecule has 0 aliphatic carbocycles. The summed E-state index contributed by atoms with van der Waals surface area (Å²) in [5, 5.41) is 14.3. The van der Waals surface area contributed by atoms with E-state index in [4.69, 9.17) is 0 Å². The molecule has 22 heavy (non-hydrogen) atoms. The van der Waals surface area contributed by atoms with Crippen LogP contribution in [-0.2, 0) is 19.2 Å². The smallest absolute Gasteiger partial charge is 0.259 e. The molecule has 7 heteroatoms. The Morgan fingerprint density at radius 1 is 0.818 bits per heavy atom. The molecule has 7 nitrogen and oxygen atoms in total. The summed E-state index contributed by atoms with van der Waals surface area (Å²) in [6.07, 6.45) is 2.15. The van der Waals surface area contributed by atoms with Crippen molar-refractivity contribution in [2.75, 3.05) is 0 Å². The van der Waals surface area contributed by atoms with Gasteiger partial charge in [-0.1, -0.05) is 6.07 Å². The van der Waals surface area contributed by atoms with Crippen molar-refractivity contribution in [1.29, 1.82) is 0 Å². The highest BCUT2D eigenvalue weighted by molar-refractivity contribution is 6.38. The lowest BCUT2D eigenvalue weighted by Crippen LogP contribution is -2.23. The van der Waals surface area contributed by atoms with Crippen molar-refractivity contribution < 1.29 is 24.3 Å². The zero-order valence-corrected chi connectivity index (χ0v) is 11.4. The topological polar surface area (TPSA) is 113 Å². The first-order valence-electron chi connectivity index (χ1n) is 6.36. The van der Waals surface area contributed by atoms with E-state index in [2.05, 4.69) is 10.6 Å². The Balaban J connectivity index is 2.30. The van der Waals surface area contributed by atoms with E-state index in [0.717, 1.165) is 12.2 Å². The van der Waals surface area contributed by atoms with Crippen LogP contribution in [0.2, 0.25) is 0 Å². The standard InChI is InChI=1S/C15H10N2O5/c1-6-2-3-9(18)13(8-5-11(20)17-15(8)22)12(6)7-4-10(19)16-14(7)21/h2-5,18H,1H3,(H,16,19,21)(H,17,20,22). The summed E-state index contributed by atoms with van der Waals surface area (Å²) in [5.74, 6) is -2.73. The molecule has 0 aromatic heterocycles. The first kappa shape index (κ1) is 13.7. The maximum Gasteiger partial charge on any atom is 0.259 e. The van der Waals surface area contributed by atoms with Crippen molar-refractivity contribution in [3.05, 3.63) is 41.0 Å². The summed E-state index contributed by atoms with van der Waals surface area (Å²) in [5.41, 5.74) is 0.881. The number of nitrogens with one attached hydrogen (secondary N) is 2. The third-order valence-corrected chi connectivity index (χ3v) is 3.44. The maximum atomic E-state index is 11.9. The number of aryl methyl sites for hydroxylation is 1.